The number of imide groups is 1. The summed E-state index contributed by atoms with van der Waals surface area (Å²) < 4.78 is 108. The molecule has 0 aliphatic carbocycles. The van der Waals surface area contributed by atoms with E-state index in [-0.39, 0.29) is 17.7 Å². The van der Waals surface area contributed by atoms with Gasteiger partial charge in [0.25, 0.3) is 11.8 Å². The lowest BCUT2D eigenvalue weighted by Gasteiger charge is -2.31. The van der Waals surface area contributed by atoms with E-state index in [1.165, 1.54) is 36.4 Å². The van der Waals surface area contributed by atoms with Crippen molar-refractivity contribution in [2.75, 3.05) is 4.90 Å². The van der Waals surface area contributed by atoms with E-state index in [4.69, 9.17) is 0 Å². The second-order valence-corrected chi connectivity index (χ2v) is 9.44. The standard InChI is InChI=1S/C24H13Br2F8NO2/c1-12-6-8-13(9-7-12)20(36)35(21(37)15-4-2-3-5-18(15)27)19-16(25)10-14(11-17(19)26)22(28,23(29,30)31)24(32,33)34/h2-11H,1H3. The van der Waals surface area contributed by atoms with Crippen LogP contribution in [0.5, 0.6) is 0 Å². The Bertz CT molecular complexity index is 1320. The topological polar surface area (TPSA) is 37.4 Å². The minimum atomic E-state index is -6.40. The molecular weight excluding hydrogens is 646 g/mol. The van der Waals surface area contributed by atoms with Crippen LogP contribution in [0.3, 0.4) is 0 Å². The van der Waals surface area contributed by atoms with Crippen LogP contribution in [0, 0.1) is 12.7 Å². The molecule has 0 N–H and O–H groups in total. The number of aryl methyl sites for hydroxylation is 1. The van der Waals surface area contributed by atoms with Crippen molar-refractivity contribution in [2.24, 2.45) is 0 Å². The summed E-state index contributed by atoms with van der Waals surface area (Å²) in [6.45, 7) is 1.70. The van der Waals surface area contributed by atoms with Gasteiger partial charge in [-0.15, -0.1) is 0 Å². The van der Waals surface area contributed by atoms with Crippen LogP contribution in [0.1, 0.15) is 31.8 Å². The van der Waals surface area contributed by atoms with E-state index >= 15 is 0 Å². The maximum Gasteiger partial charge on any atom is 0.435 e. The van der Waals surface area contributed by atoms with Crippen LogP contribution in [-0.4, -0.2) is 24.2 Å². The number of hydrogen-bond donors (Lipinski definition) is 0. The molecule has 13 heteroatoms. The van der Waals surface area contributed by atoms with Crippen LogP contribution in [-0.2, 0) is 5.67 Å². The molecule has 0 fully saturated rings. The van der Waals surface area contributed by atoms with Crippen molar-refractivity contribution in [1.29, 1.82) is 0 Å². The summed E-state index contributed by atoms with van der Waals surface area (Å²) in [5.74, 6) is -3.41. The number of carbonyl (C=O) groups is 2. The SMILES string of the molecule is Cc1ccc(C(=O)N(C(=O)c2ccccc2F)c2c(Br)cc(C(F)(C(F)(F)F)C(F)(F)F)cc2Br)cc1. The predicted molar refractivity (Wildman–Crippen MR) is 125 cm³/mol. The molecular formula is C24H13Br2F8NO2. The number of rotatable bonds is 4. The molecule has 3 nitrogen and oxygen atoms in total. The van der Waals surface area contributed by atoms with Gasteiger partial charge < -0.3 is 0 Å². The van der Waals surface area contributed by atoms with E-state index in [1.807, 2.05) is 0 Å². The number of alkyl halides is 7. The van der Waals surface area contributed by atoms with Crippen LogP contribution in [0.15, 0.2) is 69.6 Å². The fourth-order valence-corrected chi connectivity index (χ4v) is 4.88. The van der Waals surface area contributed by atoms with Gasteiger partial charge in [-0.2, -0.15) is 26.3 Å². The first-order chi connectivity index (χ1) is 17.0. The fraction of sp³-hybridized carbons (Fsp3) is 0.167. The molecule has 0 heterocycles. The molecule has 3 rings (SSSR count). The normalized spacial score (nSPS) is 12.4. The van der Waals surface area contributed by atoms with Gasteiger partial charge in [0.2, 0.25) is 0 Å². The molecule has 196 valence electrons. The Morgan fingerprint density at radius 1 is 0.757 bits per heavy atom. The first kappa shape index (κ1) is 28.8. The lowest BCUT2D eigenvalue weighted by molar-refractivity contribution is -0.348. The highest BCUT2D eigenvalue weighted by Gasteiger charge is 2.73. The lowest BCUT2D eigenvalue weighted by Crippen LogP contribution is -2.50. The van der Waals surface area contributed by atoms with Crippen LogP contribution in [0.25, 0.3) is 0 Å². The zero-order valence-electron chi connectivity index (χ0n) is 18.3. The Kier molecular flexibility index (Phi) is 7.90. The Balaban J connectivity index is 2.28. The molecule has 0 spiro atoms. The molecule has 0 bridgehead atoms. The van der Waals surface area contributed by atoms with E-state index in [9.17, 15) is 44.7 Å². The number of halogens is 10. The second kappa shape index (κ2) is 10.2. The number of anilines is 1. The highest BCUT2D eigenvalue weighted by atomic mass is 79.9. The summed E-state index contributed by atoms with van der Waals surface area (Å²) in [5.41, 5.74) is -8.20. The van der Waals surface area contributed by atoms with Gasteiger partial charge in [-0.25, -0.2) is 13.7 Å². The number of benzene rings is 3. The molecule has 0 aliphatic heterocycles. The lowest BCUT2D eigenvalue weighted by atomic mass is 9.93. The molecule has 0 unspecified atom stereocenters. The van der Waals surface area contributed by atoms with Gasteiger partial charge in [-0.3, -0.25) is 9.59 Å². The average molecular weight is 659 g/mol. The Labute approximate surface area is 221 Å². The van der Waals surface area contributed by atoms with E-state index in [0.29, 0.717) is 4.90 Å². The van der Waals surface area contributed by atoms with Gasteiger partial charge >= 0.3 is 18.0 Å². The van der Waals surface area contributed by atoms with Crippen LogP contribution in [0.2, 0.25) is 0 Å². The van der Waals surface area contributed by atoms with Crippen molar-refractivity contribution < 1.29 is 44.7 Å². The number of hydrogen-bond acceptors (Lipinski definition) is 2. The molecule has 0 aromatic heterocycles. The predicted octanol–water partition coefficient (Wildman–Crippen LogP) is 8.44. The third-order valence-corrected chi connectivity index (χ3v) is 6.44. The Hall–Kier alpha value is -2.80. The first-order valence-electron chi connectivity index (χ1n) is 10.0. The van der Waals surface area contributed by atoms with Crippen molar-refractivity contribution in [2.45, 2.75) is 24.9 Å². The van der Waals surface area contributed by atoms with Crippen LogP contribution in [0.4, 0.5) is 40.8 Å². The quantitative estimate of drug-likeness (QED) is 0.208. The van der Waals surface area contributed by atoms with Crippen molar-refractivity contribution in [3.63, 3.8) is 0 Å². The van der Waals surface area contributed by atoms with E-state index in [0.717, 1.165) is 17.7 Å². The average Bonchev–Trinajstić information content (AvgIpc) is 2.79. The molecule has 3 aromatic carbocycles. The molecule has 2 amide bonds. The van der Waals surface area contributed by atoms with Crippen LogP contribution >= 0.6 is 31.9 Å². The maximum absolute atomic E-state index is 14.7. The van der Waals surface area contributed by atoms with Gasteiger partial charge in [-0.1, -0.05) is 29.8 Å². The summed E-state index contributed by atoms with van der Waals surface area (Å²) in [7, 11) is 0. The van der Waals surface area contributed by atoms with Crippen molar-refractivity contribution in [1.82, 2.24) is 0 Å². The third-order valence-electron chi connectivity index (χ3n) is 5.23. The minimum Gasteiger partial charge on any atom is -0.268 e. The minimum absolute atomic E-state index is 0.108. The maximum atomic E-state index is 14.7. The highest BCUT2D eigenvalue weighted by molar-refractivity contribution is 9.11. The van der Waals surface area contributed by atoms with Crippen molar-refractivity contribution in [3.8, 4) is 0 Å². The Morgan fingerprint density at radius 3 is 1.70 bits per heavy atom. The highest BCUT2D eigenvalue weighted by Crippen LogP contribution is 2.55. The summed E-state index contributed by atoms with van der Waals surface area (Å²) >= 11 is 5.53. The van der Waals surface area contributed by atoms with Gasteiger partial charge in [0.15, 0.2) is 0 Å². The van der Waals surface area contributed by atoms with Gasteiger partial charge in [0, 0.05) is 20.1 Å². The smallest absolute Gasteiger partial charge is 0.268 e. The zero-order valence-corrected chi connectivity index (χ0v) is 21.5. The van der Waals surface area contributed by atoms with Crippen molar-refractivity contribution >= 4 is 49.4 Å². The first-order valence-corrected chi connectivity index (χ1v) is 11.6. The van der Waals surface area contributed by atoms with Gasteiger partial charge in [0.05, 0.1) is 11.3 Å². The third kappa shape index (κ3) is 5.28. The summed E-state index contributed by atoms with van der Waals surface area (Å²) in [5, 5.41) is 0. The molecule has 3 aromatic rings. The summed E-state index contributed by atoms with van der Waals surface area (Å²) in [4.78, 5) is 27.1. The largest absolute Gasteiger partial charge is 0.435 e. The summed E-state index contributed by atoms with van der Waals surface area (Å²) in [6, 6.07) is 10.5. The van der Waals surface area contributed by atoms with E-state index in [2.05, 4.69) is 31.9 Å². The Morgan fingerprint density at radius 2 is 1.24 bits per heavy atom. The number of nitrogens with zero attached hydrogens (tertiary/aromatic N) is 1. The molecule has 0 saturated heterocycles. The van der Waals surface area contributed by atoms with Crippen molar-refractivity contribution in [3.05, 3.63) is 97.7 Å². The molecule has 0 radical (unpaired) electrons. The molecule has 0 saturated carbocycles. The van der Waals surface area contributed by atoms with Gasteiger partial charge in [-0.05, 0) is 75.2 Å². The van der Waals surface area contributed by atoms with Crippen LogP contribution < -0.4 is 4.90 Å². The number of amides is 2. The monoisotopic (exact) mass is 657 g/mol. The van der Waals surface area contributed by atoms with E-state index in [1.54, 1.807) is 6.92 Å². The number of carbonyl (C=O) groups excluding carboxylic acids is 2. The molecule has 0 atom stereocenters. The fourth-order valence-electron chi connectivity index (χ4n) is 3.34. The zero-order chi connectivity index (χ0) is 27.9. The summed E-state index contributed by atoms with van der Waals surface area (Å²) in [6.07, 6.45) is -12.8. The van der Waals surface area contributed by atoms with Gasteiger partial charge in [0.1, 0.15) is 5.82 Å². The molecule has 0 aliphatic rings. The molecule has 37 heavy (non-hydrogen) atoms. The van der Waals surface area contributed by atoms with E-state index < -0.39 is 61.4 Å². The second-order valence-electron chi connectivity index (χ2n) is 7.73.